The molecule has 0 bridgehead atoms. The zero-order valence-electron chi connectivity index (χ0n) is 8.03. The predicted molar refractivity (Wildman–Crippen MR) is 56.0 cm³/mol. The molecule has 2 heterocycles. The average Bonchev–Trinajstić information content (AvgIpc) is 2.73. The van der Waals surface area contributed by atoms with Crippen LogP contribution in [-0.4, -0.2) is 33.7 Å². The fourth-order valence-corrected chi connectivity index (χ4v) is 2.22. The molecule has 1 aliphatic heterocycles. The van der Waals surface area contributed by atoms with Crippen molar-refractivity contribution in [2.24, 2.45) is 7.05 Å². The Bertz CT molecular complexity index is 355. The number of halogens is 1. The van der Waals surface area contributed by atoms with Gasteiger partial charge < -0.3 is 4.90 Å². The van der Waals surface area contributed by atoms with Gasteiger partial charge in [-0.25, -0.2) is 0 Å². The third-order valence-corrected chi connectivity index (χ3v) is 2.96. The summed E-state index contributed by atoms with van der Waals surface area (Å²) in [6.45, 7) is 1.73. The Hall–Kier alpha value is -0.840. The fraction of sp³-hybridized carbons (Fsp3) is 0.556. The molecular formula is C9H12BrN3O. The largest absolute Gasteiger partial charge is 0.337 e. The summed E-state index contributed by atoms with van der Waals surface area (Å²) in [7, 11) is 1.81. The van der Waals surface area contributed by atoms with E-state index in [0.717, 1.165) is 30.4 Å². The minimum Gasteiger partial charge on any atom is -0.337 e. The number of amides is 1. The van der Waals surface area contributed by atoms with Gasteiger partial charge in [-0.15, -0.1) is 0 Å². The van der Waals surface area contributed by atoms with E-state index >= 15 is 0 Å². The van der Waals surface area contributed by atoms with Crippen LogP contribution in [0, 0.1) is 0 Å². The maximum absolute atomic E-state index is 11.9. The molecule has 0 radical (unpaired) electrons. The Labute approximate surface area is 91.0 Å². The van der Waals surface area contributed by atoms with E-state index in [2.05, 4.69) is 21.0 Å². The van der Waals surface area contributed by atoms with Crippen molar-refractivity contribution in [3.05, 3.63) is 16.4 Å². The maximum Gasteiger partial charge on any atom is 0.275 e. The van der Waals surface area contributed by atoms with Crippen molar-refractivity contribution in [2.45, 2.75) is 12.8 Å². The average molecular weight is 258 g/mol. The Morgan fingerprint density at radius 2 is 2.14 bits per heavy atom. The number of aryl methyl sites for hydroxylation is 1. The van der Waals surface area contributed by atoms with Crippen LogP contribution in [0.1, 0.15) is 23.3 Å². The van der Waals surface area contributed by atoms with Gasteiger partial charge in [0, 0.05) is 26.3 Å². The van der Waals surface area contributed by atoms with E-state index in [1.807, 2.05) is 11.9 Å². The van der Waals surface area contributed by atoms with Gasteiger partial charge in [0.15, 0.2) is 5.69 Å². The quantitative estimate of drug-likeness (QED) is 0.764. The van der Waals surface area contributed by atoms with E-state index in [-0.39, 0.29) is 5.91 Å². The molecule has 0 saturated carbocycles. The van der Waals surface area contributed by atoms with Crippen molar-refractivity contribution in [3.63, 3.8) is 0 Å². The number of nitrogens with zero attached hydrogens (tertiary/aromatic N) is 3. The second kappa shape index (κ2) is 3.73. The van der Waals surface area contributed by atoms with E-state index < -0.39 is 0 Å². The summed E-state index contributed by atoms with van der Waals surface area (Å²) < 4.78 is 2.42. The van der Waals surface area contributed by atoms with Crippen molar-refractivity contribution in [1.29, 1.82) is 0 Å². The Morgan fingerprint density at radius 1 is 1.50 bits per heavy atom. The first kappa shape index (κ1) is 9.71. The van der Waals surface area contributed by atoms with Crippen LogP contribution >= 0.6 is 15.9 Å². The van der Waals surface area contributed by atoms with Crippen LogP contribution in [0.25, 0.3) is 0 Å². The number of likely N-dealkylation sites (tertiary alicyclic amines) is 1. The van der Waals surface area contributed by atoms with Gasteiger partial charge in [-0.05, 0) is 28.8 Å². The molecule has 0 atom stereocenters. The fourth-order valence-electron chi connectivity index (χ4n) is 1.67. The molecule has 0 unspecified atom stereocenters. The zero-order chi connectivity index (χ0) is 10.1. The smallest absolute Gasteiger partial charge is 0.275 e. The van der Waals surface area contributed by atoms with Crippen LogP contribution in [0.4, 0.5) is 0 Å². The predicted octanol–water partition coefficient (Wildman–Crippen LogP) is 1.42. The number of rotatable bonds is 1. The molecule has 1 fully saturated rings. The molecule has 1 aromatic heterocycles. The van der Waals surface area contributed by atoms with Crippen molar-refractivity contribution < 1.29 is 4.79 Å². The summed E-state index contributed by atoms with van der Waals surface area (Å²) in [4.78, 5) is 13.8. The van der Waals surface area contributed by atoms with Crippen LogP contribution < -0.4 is 0 Å². The van der Waals surface area contributed by atoms with Gasteiger partial charge in [0.1, 0.15) is 0 Å². The van der Waals surface area contributed by atoms with Crippen LogP contribution in [0.15, 0.2) is 10.7 Å². The van der Waals surface area contributed by atoms with Crippen molar-refractivity contribution >= 4 is 21.8 Å². The topological polar surface area (TPSA) is 38.1 Å². The summed E-state index contributed by atoms with van der Waals surface area (Å²) >= 11 is 3.33. The molecule has 0 aliphatic carbocycles. The van der Waals surface area contributed by atoms with Crippen LogP contribution in [0.2, 0.25) is 0 Å². The number of carbonyl (C=O) groups excluding carboxylic acids is 1. The molecular weight excluding hydrogens is 246 g/mol. The minimum absolute atomic E-state index is 0.0370. The van der Waals surface area contributed by atoms with Crippen LogP contribution in [-0.2, 0) is 7.05 Å². The second-order valence-corrected chi connectivity index (χ2v) is 4.35. The van der Waals surface area contributed by atoms with E-state index in [9.17, 15) is 4.79 Å². The first-order valence-corrected chi connectivity index (χ1v) is 5.46. The molecule has 1 aromatic rings. The van der Waals surface area contributed by atoms with Crippen LogP contribution in [0.5, 0.6) is 0 Å². The highest BCUT2D eigenvalue weighted by Gasteiger charge is 2.23. The summed E-state index contributed by atoms with van der Waals surface area (Å²) in [5.74, 6) is 0.0370. The second-order valence-electron chi connectivity index (χ2n) is 3.50. The maximum atomic E-state index is 11.9. The monoisotopic (exact) mass is 257 g/mol. The summed E-state index contributed by atoms with van der Waals surface area (Å²) in [5, 5.41) is 4.13. The van der Waals surface area contributed by atoms with Gasteiger partial charge in [-0.2, -0.15) is 5.10 Å². The number of aromatic nitrogens is 2. The standard InChI is InChI=1S/C9H12BrN3O/c1-12-6-7(10)8(11-12)9(14)13-4-2-3-5-13/h6H,2-5H2,1H3. The third kappa shape index (κ3) is 1.68. The molecule has 1 saturated heterocycles. The number of hydrogen-bond acceptors (Lipinski definition) is 2. The van der Waals surface area contributed by atoms with E-state index in [1.54, 1.807) is 10.9 Å². The normalized spacial score (nSPS) is 16.3. The highest BCUT2D eigenvalue weighted by molar-refractivity contribution is 9.10. The van der Waals surface area contributed by atoms with Crippen molar-refractivity contribution in [3.8, 4) is 0 Å². The Kier molecular flexibility index (Phi) is 2.58. The highest BCUT2D eigenvalue weighted by atomic mass is 79.9. The van der Waals surface area contributed by atoms with Gasteiger partial charge in [0.2, 0.25) is 0 Å². The lowest BCUT2D eigenvalue weighted by Gasteiger charge is -2.13. The summed E-state index contributed by atoms with van der Waals surface area (Å²) in [5.41, 5.74) is 0.523. The lowest BCUT2D eigenvalue weighted by Crippen LogP contribution is -2.28. The first-order valence-electron chi connectivity index (χ1n) is 4.67. The van der Waals surface area contributed by atoms with Gasteiger partial charge in [0.25, 0.3) is 5.91 Å². The van der Waals surface area contributed by atoms with E-state index in [1.165, 1.54) is 0 Å². The van der Waals surface area contributed by atoms with Gasteiger partial charge >= 0.3 is 0 Å². The Morgan fingerprint density at radius 3 is 2.64 bits per heavy atom. The molecule has 1 aliphatic rings. The third-order valence-electron chi connectivity index (χ3n) is 2.38. The van der Waals surface area contributed by atoms with Gasteiger partial charge in [-0.3, -0.25) is 9.48 Å². The van der Waals surface area contributed by atoms with Gasteiger partial charge in [-0.1, -0.05) is 0 Å². The lowest BCUT2D eigenvalue weighted by atomic mass is 10.4. The molecule has 0 N–H and O–H groups in total. The summed E-state index contributed by atoms with van der Waals surface area (Å²) in [6.07, 6.45) is 4.01. The van der Waals surface area contributed by atoms with Crippen LogP contribution in [0.3, 0.4) is 0 Å². The number of hydrogen-bond donors (Lipinski definition) is 0. The molecule has 0 spiro atoms. The van der Waals surface area contributed by atoms with Gasteiger partial charge in [0.05, 0.1) is 4.47 Å². The van der Waals surface area contributed by atoms with Crippen molar-refractivity contribution in [1.82, 2.24) is 14.7 Å². The van der Waals surface area contributed by atoms with Crippen molar-refractivity contribution in [2.75, 3.05) is 13.1 Å². The first-order chi connectivity index (χ1) is 6.68. The Balaban J connectivity index is 2.21. The lowest BCUT2D eigenvalue weighted by molar-refractivity contribution is 0.0785. The molecule has 1 amide bonds. The molecule has 2 rings (SSSR count). The molecule has 4 nitrogen and oxygen atoms in total. The van der Waals surface area contributed by atoms with E-state index in [0.29, 0.717) is 5.69 Å². The SMILES string of the molecule is Cn1cc(Br)c(C(=O)N2CCCC2)n1. The highest BCUT2D eigenvalue weighted by Crippen LogP contribution is 2.18. The van der Waals surface area contributed by atoms with E-state index in [4.69, 9.17) is 0 Å². The number of carbonyl (C=O) groups is 1. The molecule has 14 heavy (non-hydrogen) atoms. The molecule has 0 aromatic carbocycles. The molecule has 5 heteroatoms. The minimum atomic E-state index is 0.0370. The summed E-state index contributed by atoms with van der Waals surface area (Å²) in [6, 6.07) is 0. The molecule has 76 valence electrons. The zero-order valence-corrected chi connectivity index (χ0v) is 9.62.